The van der Waals surface area contributed by atoms with Crippen molar-refractivity contribution in [1.29, 1.82) is 0 Å². The SMILES string of the molecule is Cc1sccc1C(=O)c1ccc(F)c(Br)c1. The molecule has 1 aromatic carbocycles. The number of rotatable bonds is 2. The van der Waals surface area contributed by atoms with Crippen molar-refractivity contribution < 1.29 is 9.18 Å². The molecule has 1 heterocycles. The second-order valence-corrected chi connectivity index (χ2v) is 5.32. The number of ketones is 1. The molecule has 0 aliphatic heterocycles. The molecular weight excluding hydrogens is 291 g/mol. The highest BCUT2D eigenvalue weighted by Crippen LogP contribution is 2.22. The standard InChI is InChI=1S/C12H8BrFOS/c1-7-9(4-5-16-7)12(15)8-2-3-11(14)10(13)6-8/h2-6H,1H3. The average Bonchev–Trinajstić information content (AvgIpc) is 2.67. The molecule has 0 radical (unpaired) electrons. The molecule has 0 unspecified atom stereocenters. The van der Waals surface area contributed by atoms with Crippen LogP contribution in [0.5, 0.6) is 0 Å². The highest BCUT2D eigenvalue weighted by Gasteiger charge is 2.13. The van der Waals surface area contributed by atoms with Crippen LogP contribution >= 0.6 is 27.3 Å². The van der Waals surface area contributed by atoms with Crippen LogP contribution in [0.15, 0.2) is 34.1 Å². The first kappa shape index (κ1) is 11.5. The van der Waals surface area contributed by atoms with Gasteiger partial charge in [0.15, 0.2) is 5.78 Å². The zero-order valence-corrected chi connectivity index (χ0v) is 10.9. The third kappa shape index (κ3) is 2.08. The van der Waals surface area contributed by atoms with Crippen molar-refractivity contribution in [3.63, 3.8) is 0 Å². The first-order valence-corrected chi connectivity index (χ1v) is 6.30. The van der Waals surface area contributed by atoms with E-state index in [0.29, 0.717) is 15.6 Å². The van der Waals surface area contributed by atoms with Crippen LogP contribution in [0.4, 0.5) is 4.39 Å². The third-order valence-corrected chi connectivity index (χ3v) is 3.74. The Labute approximate surface area is 105 Å². The second-order valence-electron chi connectivity index (χ2n) is 3.35. The lowest BCUT2D eigenvalue weighted by Gasteiger charge is -2.01. The van der Waals surface area contributed by atoms with E-state index in [1.165, 1.54) is 29.5 Å². The molecule has 0 N–H and O–H groups in total. The predicted molar refractivity (Wildman–Crippen MR) is 66.6 cm³/mol. The number of hydrogen-bond donors (Lipinski definition) is 0. The molecule has 0 atom stereocenters. The second kappa shape index (κ2) is 4.47. The Balaban J connectivity index is 2.42. The molecule has 0 aliphatic carbocycles. The van der Waals surface area contributed by atoms with Gasteiger partial charge in [0.1, 0.15) is 5.82 Å². The van der Waals surface area contributed by atoms with E-state index in [2.05, 4.69) is 15.9 Å². The minimum Gasteiger partial charge on any atom is -0.289 e. The number of carbonyl (C=O) groups excluding carboxylic acids is 1. The van der Waals surface area contributed by atoms with E-state index in [4.69, 9.17) is 0 Å². The van der Waals surface area contributed by atoms with Gasteiger partial charge in [0.05, 0.1) is 4.47 Å². The monoisotopic (exact) mass is 298 g/mol. The topological polar surface area (TPSA) is 17.1 Å². The number of carbonyl (C=O) groups is 1. The van der Waals surface area contributed by atoms with Gasteiger partial charge in [-0.15, -0.1) is 11.3 Å². The quantitative estimate of drug-likeness (QED) is 0.760. The lowest BCUT2D eigenvalue weighted by atomic mass is 10.0. The fourth-order valence-corrected chi connectivity index (χ4v) is 2.49. The van der Waals surface area contributed by atoms with Gasteiger partial charge in [-0.2, -0.15) is 0 Å². The van der Waals surface area contributed by atoms with Gasteiger partial charge < -0.3 is 0 Å². The van der Waals surface area contributed by atoms with E-state index in [9.17, 15) is 9.18 Å². The summed E-state index contributed by atoms with van der Waals surface area (Å²) < 4.78 is 13.3. The van der Waals surface area contributed by atoms with Crippen molar-refractivity contribution in [3.8, 4) is 0 Å². The largest absolute Gasteiger partial charge is 0.289 e. The molecule has 4 heteroatoms. The van der Waals surface area contributed by atoms with Gasteiger partial charge in [0, 0.05) is 16.0 Å². The van der Waals surface area contributed by atoms with Gasteiger partial charge >= 0.3 is 0 Å². The number of benzene rings is 1. The molecule has 0 saturated carbocycles. The van der Waals surface area contributed by atoms with Crippen molar-refractivity contribution in [3.05, 3.63) is 55.9 Å². The van der Waals surface area contributed by atoms with Gasteiger partial charge in [-0.1, -0.05) is 0 Å². The van der Waals surface area contributed by atoms with Gasteiger partial charge in [0.2, 0.25) is 0 Å². The minimum absolute atomic E-state index is 0.0700. The first-order valence-electron chi connectivity index (χ1n) is 4.63. The summed E-state index contributed by atoms with van der Waals surface area (Å²) in [6.45, 7) is 1.90. The van der Waals surface area contributed by atoms with E-state index in [0.717, 1.165) is 4.88 Å². The number of thiophene rings is 1. The molecule has 0 amide bonds. The Morgan fingerprint density at radius 2 is 2.12 bits per heavy atom. The van der Waals surface area contributed by atoms with Gasteiger partial charge in [0.25, 0.3) is 0 Å². The molecule has 0 fully saturated rings. The Kier molecular flexibility index (Phi) is 3.21. The highest BCUT2D eigenvalue weighted by atomic mass is 79.9. The Morgan fingerprint density at radius 1 is 1.38 bits per heavy atom. The summed E-state index contributed by atoms with van der Waals surface area (Å²) in [7, 11) is 0. The maximum atomic E-state index is 13.0. The normalized spacial score (nSPS) is 10.4. The maximum absolute atomic E-state index is 13.0. The number of halogens is 2. The van der Waals surface area contributed by atoms with Crippen LogP contribution in [0.2, 0.25) is 0 Å². The fraction of sp³-hybridized carbons (Fsp3) is 0.0833. The van der Waals surface area contributed by atoms with Crippen LogP contribution in [0, 0.1) is 12.7 Å². The summed E-state index contributed by atoms with van der Waals surface area (Å²) in [5, 5.41) is 1.88. The van der Waals surface area contributed by atoms with Crippen molar-refractivity contribution in [1.82, 2.24) is 0 Å². The van der Waals surface area contributed by atoms with Crippen LogP contribution in [0.25, 0.3) is 0 Å². The Morgan fingerprint density at radius 3 is 2.69 bits per heavy atom. The van der Waals surface area contributed by atoms with Gasteiger partial charge in [-0.05, 0) is 52.5 Å². The fourth-order valence-electron chi connectivity index (χ4n) is 1.41. The Bertz CT molecular complexity index is 548. The molecule has 2 aromatic rings. The van der Waals surface area contributed by atoms with Gasteiger partial charge in [-0.3, -0.25) is 4.79 Å². The molecule has 2 rings (SSSR count). The van der Waals surface area contributed by atoms with Crippen LogP contribution in [0.1, 0.15) is 20.8 Å². The molecule has 1 aromatic heterocycles. The zero-order valence-electron chi connectivity index (χ0n) is 8.46. The van der Waals surface area contributed by atoms with E-state index in [1.54, 1.807) is 6.07 Å². The summed E-state index contributed by atoms with van der Waals surface area (Å²) in [4.78, 5) is 13.0. The molecule has 1 nitrogen and oxygen atoms in total. The molecule has 16 heavy (non-hydrogen) atoms. The first-order chi connectivity index (χ1) is 7.59. The summed E-state index contributed by atoms with van der Waals surface area (Å²) in [6.07, 6.45) is 0. The van der Waals surface area contributed by atoms with Crippen LogP contribution in [-0.2, 0) is 0 Å². The molecule has 82 valence electrons. The summed E-state index contributed by atoms with van der Waals surface area (Å²) in [6, 6.07) is 6.09. The third-order valence-electron chi connectivity index (χ3n) is 2.29. The van der Waals surface area contributed by atoms with Crippen molar-refractivity contribution >= 4 is 33.0 Å². The summed E-state index contributed by atoms with van der Waals surface area (Å²) in [5.41, 5.74) is 1.18. The molecule has 0 spiro atoms. The summed E-state index contributed by atoms with van der Waals surface area (Å²) in [5.74, 6) is -0.432. The Hall–Kier alpha value is -1.00. The van der Waals surface area contributed by atoms with E-state index >= 15 is 0 Å². The average molecular weight is 299 g/mol. The van der Waals surface area contributed by atoms with Crippen molar-refractivity contribution in [2.75, 3.05) is 0 Å². The van der Waals surface area contributed by atoms with Crippen LogP contribution in [0.3, 0.4) is 0 Å². The summed E-state index contributed by atoms with van der Waals surface area (Å²) >= 11 is 4.60. The van der Waals surface area contributed by atoms with E-state index in [1.807, 2.05) is 12.3 Å². The number of hydrogen-bond acceptors (Lipinski definition) is 2. The van der Waals surface area contributed by atoms with Crippen LogP contribution < -0.4 is 0 Å². The molecule has 0 aliphatic rings. The van der Waals surface area contributed by atoms with E-state index < -0.39 is 0 Å². The maximum Gasteiger partial charge on any atom is 0.194 e. The van der Waals surface area contributed by atoms with Gasteiger partial charge in [-0.25, -0.2) is 4.39 Å². The predicted octanol–water partition coefficient (Wildman–Crippen LogP) is 4.19. The van der Waals surface area contributed by atoms with E-state index in [-0.39, 0.29) is 11.6 Å². The van der Waals surface area contributed by atoms with Crippen molar-refractivity contribution in [2.24, 2.45) is 0 Å². The molecule has 0 bridgehead atoms. The number of aryl methyl sites for hydroxylation is 1. The molecular formula is C12H8BrFOS. The lowest BCUT2D eigenvalue weighted by Crippen LogP contribution is -2.01. The smallest absolute Gasteiger partial charge is 0.194 e. The minimum atomic E-state index is -0.362. The molecule has 0 saturated heterocycles. The lowest BCUT2D eigenvalue weighted by molar-refractivity contribution is 0.103. The van der Waals surface area contributed by atoms with Crippen LogP contribution in [-0.4, -0.2) is 5.78 Å². The zero-order chi connectivity index (χ0) is 11.7. The van der Waals surface area contributed by atoms with Crippen molar-refractivity contribution in [2.45, 2.75) is 6.92 Å². The highest BCUT2D eigenvalue weighted by molar-refractivity contribution is 9.10.